The number of nitrogens with zero attached hydrogens (tertiary/aromatic N) is 1. The third kappa shape index (κ3) is 5.20. The number of hydrogen-bond acceptors (Lipinski definition) is 7. The van der Waals surface area contributed by atoms with Crippen LogP contribution in [0.5, 0.6) is 0 Å². The van der Waals surface area contributed by atoms with Crippen molar-refractivity contribution >= 4 is 55.3 Å². The summed E-state index contributed by atoms with van der Waals surface area (Å²) >= 11 is 2.56. The number of anilines is 2. The van der Waals surface area contributed by atoms with E-state index < -0.39 is 10.0 Å². The maximum Gasteiger partial charge on any atom is 0.267 e. The molecule has 3 rings (SSSR count). The van der Waals surface area contributed by atoms with Crippen LogP contribution in [0.3, 0.4) is 0 Å². The summed E-state index contributed by atoms with van der Waals surface area (Å²) in [4.78, 5) is 28.9. The molecule has 2 aromatic heterocycles. The van der Waals surface area contributed by atoms with Crippen molar-refractivity contribution in [2.45, 2.75) is 11.3 Å². The number of nitrogens with two attached hydrogens (primary N) is 1. The average Bonchev–Trinajstić information content (AvgIpc) is 3.26. The van der Waals surface area contributed by atoms with Gasteiger partial charge in [-0.15, -0.1) is 22.7 Å². The third-order valence-electron chi connectivity index (χ3n) is 3.33. The number of carbonyl (C=O) groups excluding carboxylic acids is 2. The fourth-order valence-electron chi connectivity index (χ4n) is 2.11. The van der Waals surface area contributed by atoms with E-state index in [0.29, 0.717) is 21.4 Å². The summed E-state index contributed by atoms with van der Waals surface area (Å²) in [6.07, 6.45) is 0.0162. The Morgan fingerprint density at radius 2 is 1.81 bits per heavy atom. The quantitative estimate of drug-likeness (QED) is 0.561. The van der Waals surface area contributed by atoms with E-state index in [-0.39, 0.29) is 23.1 Å². The molecule has 2 amide bonds. The molecular weight excluding hydrogens is 408 g/mol. The molecule has 0 radical (unpaired) electrons. The van der Waals surface area contributed by atoms with Crippen LogP contribution >= 0.6 is 22.7 Å². The van der Waals surface area contributed by atoms with Crippen LogP contribution in [0.2, 0.25) is 0 Å². The Morgan fingerprint density at radius 3 is 2.44 bits per heavy atom. The molecule has 8 nitrogen and oxygen atoms in total. The Hall–Kier alpha value is -2.60. The zero-order valence-corrected chi connectivity index (χ0v) is 16.2. The second-order valence-corrected chi connectivity index (χ2v) is 8.74. The van der Waals surface area contributed by atoms with E-state index in [1.165, 1.54) is 46.9 Å². The van der Waals surface area contributed by atoms with Gasteiger partial charge in [-0.3, -0.25) is 14.9 Å². The number of aromatic nitrogens is 1. The topological polar surface area (TPSA) is 131 Å². The van der Waals surface area contributed by atoms with Gasteiger partial charge in [0.1, 0.15) is 0 Å². The van der Waals surface area contributed by atoms with Crippen molar-refractivity contribution in [3.05, 3.63) is 57.7 Å². The average molecular weight is 423 g/mol. The van der Waals surface area contributed by atoms with E-state index >= 15 is 0 Å². The lowest BCUT2D eigenvalue weighted by Crippen LogP contribution is -2.15. The molecule has 0 atom stereocenters. The molecule has 0 saturated heterocycles. The first-order valence-corrected chi connectivity index (χ1v) is 10.8. The van der Waals surface area contributed by atoms with Crippen molar-refractivity contribution in [3.63, 3.8) is 0 Å². The third-order valence-corrected chi connectivity index (χ3v) is 5.93. The molecule has 4 N–H and O–H groups in total. The lowest BCUT2D eigenvalue weighted by atomic mass is 10.3. The number of sulfonamides is 1. The zero-order chi connectivity index (χ0) is 19.4. The Bertz CT molecular complexity index is 1060. The molecule has 0 unspecified atom stereocenters. The molecule has 3 aromatic rings. The molecule has 0 aliphatic rings. The van der Waals surface area contributed by atoms with Gasteiger partial charge in [-0.1, -0.05) is 6.07 Å². The molecular formula is C16H14N4O4S3. The van der Waals surface area contributed by atoms with Crippen molar-refractivity contribution in [2.75, 3.05) is 10.6 Å². The largest absolute Gasteiger partial charge is 0.326 e. The first kappa shape index (κ1) is 19.2. The standard InChI is InChI=1S/C16H14N4O4S3/c17-27(23,24)12-5-3-10(4-6-12)18-14(21)8-11-9-26-16(19-11)20-15(22)13-2-1-7-25-13/h1-7,9H,8H2,(H,18,21)(H2,17,23,24)(H,19,20,22). The highest BCUT2D eigenvalue weighted by Crippen LogP contribution is 2.19. The van der Waals surface area contributed by atoms with Crippen molar-refractivity contribution in [2.24, 2.45) is 5.14 Å². The summed E-state index contributed by atoms with van der Waals surface area (Å²) in [5.74, 6) is -0.565. The van der Waals surface area contributed by atoms with E-state index in [1.54, 1.807) is 17.5 Å². The minimum absolute atomic E-state index is 0.0162. The van der Waals surface area contributed by atoms with Gasteiger partial charge >= 0.3 is 0 Å². The Morgan fingerprint density at radius 1 is 1.07 bits per heavy atom. The normalized spacial score (nSPS) is 11.1. The fraction of sp³-hybridized carbons (Fsp3) is 0.0625. The van der Waals surface area contributed by atoms with Crippen LogP contribution in [0.25, 0.3) is 0 Å². The highest BCUT2D eigenvalue weighted by atomic mass is 32.2. The van der Waals surface area contributed by atoms with Crippen molar-refractivity contribution in [3.8, 4) is 0 Å². The highest BCUT2D eigenvalue weighted by molar-refractivity contribution is 7.89. The second-order valence-electron chi connectivity index (χ2n) is 5.37. The summed E-state index contributed by atoms with van der Waals surface area (Å²) in [5, 5.41) is 14.3. The summed E-state index contributed by atoms with van der Waals surface area (Å²) in [6.45, 7) is 0. The summed E-state index contributed by atoms with van der Waals surface area (Å²) in [6, 6.07) is 9.02. The number of hydrogen-bond donors (Lipinski definition) is 3. The molecule has 0 aliphatic carbocycles. The van der Waals surface area contributed by atoms with E-state index in [9.17, 15) is 18.0 Å². The highest BCUT2D eigenvalue weighted by Gasteiger charge is 2.12. The van der Waals surface area contributed by atoms with E-state index in [1.807, 2.05) is 5.38 Å². The first-order chi connectivity index (χ1) is 12.8. The summed E-state index contributed by atoms with van der Waals surface area (Å²) < 4.78 is 22.4. The smallest absolute Gasteiger partial charge is 0.267 e. The molecule has 0 bridgehead atoms. The molecule has 1 aromatic carbocycles. The molecule has 0 spiro atoms. The van der Waals surface area contributed by atoms with E-state index in [2.05, 4.69) is 15.6 Å². The number of amides is 2. The lowest BCUT2D eigenvalue weighted by Gasteiger charge is -2.05. The van der Waals surface area contributed by atoms with Crippen LogP contribution in [0.1, 0.15) is 15.4 Å². The monoisotopic (exact) mass is 422 g/mol. The van der Waals surface area contributed by atoms with Crippen LogP contribution in [0.4, 0.5) is 10.8 Å². The number of benzene rings is 1. The van der Waals surface area contributed by atoms with E-state index in [0.717, 1.165) is 0 Å². The number of thiophene rings is 1. The minimum Gasteiger partial charge on any atom is -0.326 e. The first-order valence-electron chi connectivity index (χ1n) is 7.53. The van der Waals surface area contributed by atoms with Gasteiger partial charge in [-0.25, -0.2) is 18.5 Å². The van der Waals surface area contributed by atoms with Gasteiger partial charge in [0.2, 0.25) is 15.9 Å². The van der Waals surface area contributed by atoms with Gasteiger partial charge in [0.05, 0.1) is 21.9 Å². The van der Waals surface area contributed by atoms with Gasteiger partial charge < -0.3 is 5.32 Å². The maximum atomic E-state index is 12.1. The van der Waals surface area contributed by atoms with Crippen LogP contribution < -0.4 is 15.8 Å². The number of rotatable bonds is 6. The van der Waals surface area contributed by atoms with Crippen LogP contribution in [0, 0.1) is 0 Å². The Labute approximate surface area is 163 Å². The van der Waals surface area contributed by atoms with Gasteiger partial charge in [-0.05, 0) is 35.7 Å². The van der Waals surface area contributed by atoms with Gasteiger partial charge in [-0.2, -0.15) is 0 Å². The number of carbonyl (C=O) groups is 2. The number of thiazole rings is 1. The maximum absolute atomic E-state index is 12.1. The van der Waals surface area contributed by atoms with Crippen LogP contribution in [-0.4, -0.2) is 25.2 Å². The number of nitrogens with one attached hydrogen (secondary N) is 2. The predicted molar refractivity (Wildman–Crippen MR) is 105 cm³/mol. The Balaban J connectivity index is 1.57. The van der Waals surface area contributed by atoms with Crippen molar-refractivity contribution in [1.29, 1.82) is 0 Å². The van der Waals surface area contributed by atoms with Crippen molar-refractivity contribution < 1.29 is 18.0 Å². The summed E-state index contributed by atoms with van der Waals surface area (Å²) in [7, 11) is -3.78. The second kappa shape index (κ2) is 7.96. The zero-order valence-electron chi connectivity index (χ0n) is 13.7. The lowest BCUT2D eigenvalue weighted by molar-refractivity contribution is -0.115. The SMILES string of the molecule is NS(=O)(=O)c1ccc(NC(=O)Cc2csc(NC(=O)c3cccs3)n2)cc1. The molecule has 0 fully saturated rings. The molecule has 11 heteroatoms. The fourth-order valence-corrected chi connectivity index (χ4v) is 3.95. The molecule has 0 aliphatic heterocycles. The van der Waals surface area contributed by atoms with Gasteiger partial charge in [0.15, 0.2) is 5.13 Å². The molecule has 27 heavy (non-hydrogen) atoms. The molecule has 2 heterocycles. The Kier molecular flexibility index (Phi) is 5.65. The van der Waals surface area contributed by atoms with Gasteiger partial charge in [0, 0.05) is 11.1 Å². The van der Waals surface area contributed by atoms with Crippen molar-refractivity contribution in [1.82, 2.24) is 4.98 Å². The van der Waals surface area contributed by atoms with Crippen LogP contribution in [0.15, 0.2) is 52.1 Å². The minimum atomic E-state index is -3.78. The predicted octanol–water partition coefficient (Wildman–Crippen LogP) is 2.29. The van der Waals surface area contributed by atoms with E-state index in [4.69, 9.17) is 5.14 Å². The summed E-state index contributed by atoms with van der Waals surface area (Å²) in [5.41, 5.74) is 0.953. The molecule has 140 valence electrons. The van der Waals surface area contributed by atoms with Gasteiger partial charge in [0.25, 0.3) is 5.91 Å². The molecule has 0 saturated carbocycles. The van der Waals surface area contributed by atoms with Crippen LogP contribution in [-0.2, 0) is 21.2 Å². The number of primary sulfonamides is 1.